The predicted octanol–water partition coefficient (Wildman–Crippen LogP) is 2.26. The number of imidazole rings is 1. The van der Waals surface area contributed by atoms with Crippen molar-refractivity contribution in [1.82, 2.24) is 24.6 Å². The molecule has 1 aliphatic rings. The second kappa shape index (κ2) is 6.65. The van der Waals surface area contributed by atoms with Crippen LogP contribution in [-0.4, -0.2) is 39.0 Å². The van der Waals surface area contributed by atoms with Crippen LogP contribution in [0.4, 0.5) is 5.82 Å². The standard InChI is InChI=1S/C18H24N6/c1-14-22-16-5-2-3-6-17(16)23(14)10-4-8-19-11-15-12-20-18-7-9-21-24(18)13-15/h2-3,5-7,9,15,19-20H,4,8,10-13H2,1H3/t15-/m1/s1. The molecule has 1 aromatic carbocycles. The summed E-state index contributed by atoms with van der Waals surface area (Å²) in [6, 6.07) is 10.4. The highest BCUT2D eigenvalue weighted by Gasteiger charge is 2.17. The average molecular weight is 324 g/mol. The summed E-state index contributed by atoms with van der Waals surface area (Å²) in [6.45, 7) is 7.15. The molecule has 0 aliphatic carbocycles. The predicted molar refractivity (Wildman–Crippen MR) is 96.2 cm³/mol. The minimum absolute atomic E-state index is 0.591. The number of hydrogen-bond acceptors (Lipinski definition) is 4. The van der Waals surface area contributed by atoms with Crippen LogP contribution in [0.15, 0.2) is 36.5 Å². The quantitative estimate of drug-likeness (QED) is 0.683. The molecule has 2 aromatic heterocycles. The summed E-state index contributed by atoms with van der Waals surface area (Å²) >= 11 is 0. The van der Waals surface area contributed by atoms with Crippen molar-refractivity contribution >= 4 is 16.9 Å². The second-order valence-electron chi connectivity index (χ2n) is 6.50. The molecule has 2 N–H and O–H groups in total. The van der Waals surface area contributed by atoms with Gasteiger partial charge in [0, 0.05) is 38.2 Å². The topological polar surface area (TPSA) is 59.7 Å². The van der Waals surface area contributed by atoms with Crippen molar-refractivity contribution in [2.24, 2.45) is 5.92 Å². The molecule has 0 amide bonds. The summed E-state index contributed by atoms with van der Waals surface area (Å²) in [5.74, 6) is 2.82. The lowest BCUT2D eigenvalue weighted by Crippen LogP contribution is -2.35. The first-order chi connectivity index (χ1) is 11.8. The van der Waals surface area contributed by atoms with E-state index < -0.39 is 0 Å². The van der Waals surface area contributed by atoms with Gasteiger partial charge in [0.1, 0.15) is 11.6 Å². The lowest BCUT2D eigenvalue weighted by atomic mass is 10.1. The fourth-order valence-corrected chi connectivity index (χ4v) is 3.47. The van der Waals surface area contributed by atoms with Crippen molar-refractivity contribution in [3.63, 3.8) is 0 Å². The van der Waals surface area contributed by atoms with Gasteiger partial charge < -0.3 is 15.2 Å². The van der Waals surface area contributed by atoms with Crippen LogP contribution in [0.5, 0.6) is 0 Å². The molecule has 3 aromatic rings. The third kappa shape index (κ3) is 3.01. The van der Waals surface area contributed by atoms with Gasteiger partial charge in [-0.05, 0) is 32.0 Å². The van der Waals surface area contributed by atoms with Crippen molar-refractivity contribution in [3.05, 3.63) is 42.4 Å². The van der Waals surface area contributed by atoms with Crippen LogP contribution in [0.1, 0.15) is 12.2 Å². The number of nitrogens with zero attached hydrogens (tertiary/aromatic N) is 4. The van der Waals surface area contributed by atoms with Crippen molar-refractivity contribution in [2.45, 2.75) is 26.4 Å². The fraction of sp³-hybridized carbons (Fsp3) is 0.444. The number of aromatic nitrogens is 4. The van der Waals surface area contributed by atoms with E-state index in [9.17, 15) is 0 Å². The summed E-state index contributed by atoms with van der Waals surface area (Å²) < 4.78 is 4.37. The van der Waals surface area contributed by atoms with Crippen LogP contribution in [0, 0.1) is 12.8 Å². The third-order valence-corrected chi connectivity index (χ3v) is 4.73. The van der Waals surface area contributed by atoms with Crippen LogP contribution in [0.3, 0.4) is 0 Å². The molecule has 4 rings (SSSR count). The Morgan fingerprint density at radius 2 is 2.21 bits per heavy atom. The number of anilines is 1. The van der Waals surface area contributed by atoms with Gasteiger partial charge in [0.05, 0.1) is 17.2 Å². The van der Waals surface area contributed by atoms with Crippen LogP contribution in [0.2, 0.25) is 0 Å². The van der Waals surface area contributed by atoms with E-state index >= 15 is 0 Å². The molecule has 0 spiro atoms. The summed E-state index contributed by atoms with van der Waals surface area (Å²) in [4.78, 5) is 4.63. The number of para-hydroxylation sites is 2. The smallest absolute Gasteiger partial charge is 0.124 e. The Hall–Kier alpha value is -2.34. The molecule has 0 unspecified atom stereocenters. The molecule has 24 heavy (non-hydrogen) atoms. The molecule has 0 fully saturated rings. The van der Waals surface area contributed by atoms with E-state index in [0.29, 0.717) is 5.92 Å². The molecular formula is C18H24N6. The van der Waals surface area contributed by atoms with Crippen LogP contribution in [0.25, 0.3) is 11.0 Å². The largest absolute Gasteiger partial charge is 0.370 e. The highest BCUT2D eigenvalue weighted by atomic mass is 15.3. The summed E-state index contributed by atoms with van der Waals surface area (Å²) in [6.07, 6.45) is 2.96. The molecule has 3 heterocycles. The van der Waals surface area contributed by atoms with E-state index in [1.54, 1.807) is 0 Å². The Morgan fingerprint density at radius 3 is 3.17 bits per heavy atom. The fourth-order valence-electron chi connectivity index (χ4n) is 3.47. The van der Waals surface area contributed by atoms with Gasteiger partial charge in [-0.25, -0.2) is 9.67 Å². The Morgan fingerprint density at radius 1 is 1.29 bits per heavy atom. The zero-order chi connectivity index (χ0) is 16.4. The van der Waals surface area contributed by atoms with E-state index in [1.807, 2.05) is 18.3 Å². The molecule has 126 valence electrons. The maximum atomic E-state index is 4.63. The zero-order valence-electron chi connectivity index (χ0n) is 14.1. The maximum Gasteiger partial charge on any atom is 0.124 e. The van der Waals surface area contributed by atoms with Gasteiger partial charge in [-0.15, -0.1) is 0 Å². The number of rotatable bonds is 6. The highest BCUT2D eigenvalue weighted by molar-refractivity contribution is 5.75. The Balaban J connectivity index is 1.24. The lowest BCUT2D eigenvalue weighted by molar-refractivity contribution is 0.389. The van der Waals surface area contributed by atoms with Crippen LogP contribution in [-0.2, 0) is 13.1 Å². The first-order valence-electron chi connectivity index (χ1n) is 8.69. The van der Waals surface area contributed by atoms with Gasteiger partial charge in [-0.2, -0.15) is 5.10 Å². The zero-order valence-corrected chi connectivity index (χ0v) is 14.1. The van der Waals surface area contributed by atoms with E-state index in [4.69, 9.17) is 0 Å². The SMILES string of the molecule is Cc1nc2ccccc2n1CCCNC[C@@H]1CNc2ccnn2C1. The van der Waals surface area contributed by atoms with E-state index in [0.717, 1.165) is 56.3 Å². The number of hydrogen-bond donors (Lipinski definition) is 2. The molecule has 1 atom stereocenters. The number of benzene rings is 1. The maximum absolute atomic E-state index is 4.63. The van der Waals surface area contributed by atoms with E-state index in [1.165, 1.54) is 5.52 Å². The Labute approximate surface area is 141 Å². The van der Waals surface area contributed by atoms with Gasteiger partial charge in [-0.1, -0.05) is 12.1 Å². The Kier molecular flexibility index (Phi) is 4.21. The minimum atomic E-state index is 0.591. The number of nitrogens with one attached hydrogen (secondary N) is 2. The highest BCUT2D eigenvalue weighted by Crippen LogP contribution is 2.16. The van der Waals surface area contributed by atoms with E-state index in [2.05, 4.69) is 55.1 Å². The van der Waals surface area contributed by atoms with Gasteiger partial charge in [0.25, 0.3) is 0 Å². The first kappa shape index (κ1) is 15.2. The number of aryl methyl sites for hydroxylation is 2. The van der Waals surface area contributed by atoms with Gasteiger partial charge >= 0.3 is 0 Å². The summed E-state index contributed by atoms with van der Waals surface area (Å²) in [7, 11) is 0. The van der Waals surface area contributed by atoms with Crippen LogP contribution < -0.4 is 10.6 Å². The Bertz CT molecular complexity index is 818. The lowest BCUT2D eigenvalue weighted by Gasteiger charge is -2.25. The molecule has 1 aliphatic heterocycles. The normalized spacial score (nSPS) is 17.0. The minimum Gasteiger partial charge on any atom is -0.370 e. The van der Waals surface area contributed by atoms with Gasteiger partial charge in [-0.3, -0.25) is 0 Å². The monoisotopic (exact) mass is 324 g/mol. The summed E-state index contributed by atoms with van der Waals surface area (Å²) in [5.41, 5.74) is 2.32. The molecular weight excluding hydrogens is 300 g/mol. The van der Waals surface area contributed by atoms with E-state index in [-0.39, 0.29) is 0 Å². The van der Waals surface area contributed by atoms with Crippen molar-refractivity contribution in [2.75, 3.05) is 25.0 Å². The van der Waals surface area contributed by atoms with Crippen molar-refractivity contribution in [1.29, 1.82) is 0 Å². The third-order valence-electron chi connectivity index (χ3n) is 4.73. The van der Waals surface area contributed by atoms with Crippen LogP contribution >= 0.6 is 0 Å². The first-order valence-corrected chi connectivity index (χ1v) is 8.69. The molecule has 0 radical (unpaired) electrons. The molecule has 6 heteroatoms. The molecule has 0 saturated heterocycles. The second-order valence-corrected chi connectivity index (χ2v) is 6.50. The average Bonchev–Trinajstić information content (AvgIpc) is 3.18. The molecule has 0 saturated carbocycles. The van der Waals surface area contributed by atoms with Crippen molar-refractivity contribution < 1.29 is 0 Å². The van der Waals surface area contributed by atoms with Gasteiger partial charge in [0.2, 0.25) is 0 Å². The number of fused-ring (bicyclic) bond motifs is 2. The molecule has 0 bridgehead atoms. The molecule has 6 nitrogen and oxygen atoms in total. The van der Waals surface area contributed by atoms with Crippen molar-refractivity contribution in [3.8, 4) is 0 Å². The van der Waals surface area contributed by atoms with Gasteiger partial charge in [0.15, 0.2) is 0 Å². The summed E-state index contributed by atoms with van der Waals surface area (Å²) in [5, 5.41) is 11.4.